The molecule has 156 valence electrons. The Labute approximate surface area is 174 Å². The summed E-state index contributed by atoms with van der Waals surface area (Å²) in [6.07, 6.45) is 7.23. The van der Waals surface area contributed by atoms with Gasteiger partial charge in [0.2, 0.25) is 0 Å². The molecular formula is C25H33NO3. The first-order valence-corrected chi connectivity index (χ1v) is 10.6. The minimum atomic E-state index is -0.0450. The van der Waals surface area contributed by atoms with Crippen LogP contribution in [0.25, 0.3) is 6.08 Å². The standard InChI is InChI=1S/C25H33NO3/c1-5-8-20-11-16-24(28-17-6-2)22(25(20)29-18-7-3)14-15-23(27)19-9-12-21(26-4)13-10-19/h9-16,26H,5-8,17-18H2,1-4H3/b15-14+. The van der Waals surface area contributed by atoms with Crippen molar-refractivity contribution in [2.45, 2.75) is 46.5 Å². The van der Waals surface area contributed by atoms with E-state index in [0.29, 0.717) is 18.8 Å². The average Bonchev–Trinajstić information content (AvgIpc) is 2.76. The largest absolute Gasteiger partial charge is 0.493 e. The molecule has 29 heavy (non-hydrogen) atoms. The summed E-state index contributed by atoms with van der Waals surface area (Å²) in [5, 5.41) is 3.06. The Morgan fingerprint density at radius 2 is 1.62 bits per heavy atom. The lowest BCUT2D eigenvalue weighted by Crippen LogP contribution is -2.05. The summed E-state index contributed by atoms with van der Waals surface area (Å²) in [5.74, 6) is 1.54. The Morgan fingerprint density at radius 3 is 2.24 bits per heavy atom. The summed E-state index contributed by atoms with van der Waals surface area (Å²) >= 11 is 0. The van der Waals surface area contributed by atoms with Gasteiger partial charge < -0.3 is 14.8 Å². The fourth-order valence-corrected chi connectivity index (χ4v) is 3.02. The third kappa shape index (κ3) is 6.38. The highest BCUT2D eigenvalue weighted by atomic mass is 16.5. The van der Waals surface area contributed by atoms with E-state index in [1.807, 2.05) is 43.5 Å². The topological polar surface area (TPSA) is 47.6 Å². The predicted octanol–water partition coefficient (Wildman–Crippen LogP) is 6.15. The second-order valence-corrected chi connectivity index (χ2v) is 6.94. The van der Waals surface area contributed by atoms with Crippen molar-refractivity contribution in [1.82, 2.24) is 0 Å². The Morgan fingerprint density at radius 1 is 0.931 bits per heavy atom. The SMILES string of the molecule is CCCOc1ccc(CCC)c(OCCC)c1/C=C/C(=O)c1ccc(NC)cc1. The quantitative estimate of drug-likeness (QED) is 0.346. The van der Waals surface area contributed by atoms with Gasteiger partial charge in [-0.2, -0.15) is 0 Å². The minimum absolute atomic E-state index is 0.0450. The van der Waals surface area contributed by atoms with E-state index in [9.17, 15) is 4.79 Å². The van der Waals surface area contributed by atoms with E-state index in [2.05, 4.69) is 32.2 Å². The van der Waals surface area contributed by atoms with Crippen molar-refractivity contribution in [1.29, 1.82) is 0 Å². The zero-order valence-corrected chi connectivity index (χ0v) is 18.1. The van der Waals surface area contributed by atoms with Crippen molar-refractivity contribution in [2.24, 2.45) is 0 Å². The number of carbonyl (C=O) groups excluding carboxylic acids is 1. The maximum absolute atomic E-state index is 12.7. The number of ether oxygens (including phenoxy) is 2. The van der Waals surface area contributed by atoms with Gasteiger partial charge in [0.15, 0.2) is 5.78 Å². The van der Waals surface area contributed by atoms with Crippen LogP contribution in [0.5, 0.6) is 11.5 Å². The van der Waals surface area contributed by atoms with E-state index in [4.69, 9.17) is 9.47 Å². The van der Waals surface area contributed by atoms with Crippen molar-refractivity contribution >= 4 is 17.5 Å². The number of ketones is 1. The van der Waals surface area contributed by atoms with Crippen LogP contribution in [-0.4, -0.2) is 26.0 Å². The minimum Gasteiger partial charge on any atom is -0.493 e. The molecule has 0 spiro atoms. The fraction of sp³-hybridized carbons (Fsp3) is 0.400. The highest BCUT2D eigenvalue weighted by Crippen LogP contribution is 2.35. The summed E-state index contributed by atoms with van der Waals surface area (Å²) in [5.41, 5.74) is 3.62. The van der Waals surface area contributed by atoms with E-state index in [1.54, 1.807) is 6.08 Å². The van der Waals surface area contributed by atoms with Gasteiger partial charge in [-0.15, -0.1) is 0 Å². The van der Waals surface area contributed by atoms with Crippen LogP contribution in [0.1, 0.15) is 61.5 Å². The number of aryl methyl sites for hydroxylation is 1. The Balaban J connectivity index is 2.40. The van der Waals surface area contributed by atoms with E-state index < -0.39 is 0 Å². The van der Waals surface area contributed by atoms with Crippen LogP contribution < -0.4 is 14.8 Å². The highest BCUT2D eigenvalue weighted by Gasteiger charge is 2.14. The molecule has 0 aliphatic heterocycles. The number of carbonyl (C=O) groups is 1. The van der Waals surface area contributed by atoms with E-state index >= 15 is 0 Å². The highest BCUT2D eigenvalue weighted by molar-refractivity contribution is 6.07. The molecule has 2 aromatic carbocycles. The first-order chi connectivity index (χ1) is 14.1. The van der Waals surface area contributed by atoms with Gasteiger partial charge in [0.05, 0.1) is 18.8 Å². The molecule has 0 heterocycles. The summed E-state index contributed by atoms with van der Waals surface area (Å²) in [7, 11) is 1.86. The monoisotopic (exact) mass is 395 g/mol. The lowest BCUT2D eigenvalue weighted by Gasteiger charge is -2.17. The maximum Gasteiger partial charge on any atom is 0.185 e. The molecule has 0 aliphatic carbocycles. The van der Waals surface area contributed by atoms with Crippen LogP contribution in [0.2, 0.25) is 0 Å². The number of benzene rings is 2. The van der Waals surface area contributed by atoms with Crippen LogP contribution >= 0.6 is 0 Å². The third-order valence-electron chi connectivity index (χ3n) is 4.53. The first-order valence-electron chi connectivity index (χ1n) is 10.6. The molecule has 0 fully saturated rings. The van der Waals surface area contributed by atoms with Crippen molar-refractivity contribution in [2.75, 3.05) is 25.6 Å². The van der Waals surface area contributed by atoms with Crippen LogP contribution in [-0.2, 0) is 6.42 Å². The van der Waals surface area contributed by atoms with E-state index in [1.165, 1.54) is 0 Å². The lowest BCUT2D eigenvalue weighted by atomic mass is 10.0. The molecule has 0 radical (unpaired) electrons. The maximum atomic E-state index is 12.7. The Kier molecular flexibility index (Phi) is 9.29. The van der Waals surface area contributed by atoms with Gasteiger partial charge in [-0.1, -0.05) is 33.3 Å². The summed E-state index contributed by atoms with van der Waals surface area (Å²) in [4.78, 5) is 12.7. The zero-order chi connectivity index (χ0) is 21.1. The number of rotatable bonds is 12. The van der Waals surface area contributed by atoms with Crippen LogP contribution in [0.3, 0.4) is 0 Å². The molecule has 2 aromatic rings. The molecule has 1 N–H and O–H groups in total. The average molecular weight is 396 g/mol. The zero-order valence-electron chi connectivity index (χ0n) is 18.1. The third-order valence-corrected chi connectivity index (χ3v) is 4.53. The van der Waals surface area contributed by atoms with Gasteiger partial charge in [0.1, 0.15) is 11.5 Å². The van der Waals surface area contributed by atoms with Crippen molar-refractivity contribution in [3.8, 4) is 11.5 Å². The van der Waals surface area contributed by atoms with Crippen molar-refractivity contribution in [3.63, 3.8) is 0 Å². The molecule has 0 bridgehead atoms. The van der Waals surface area contributed by atoms with Gasteiger partial charge in [-0.3, -0.25) is 4.79 Å². The smallest absolute Gasteiger partial charge is 0.185 e. The first kappa shape index (κ1) is 22.5. The second kappa shape index (κ2) is 11.9. The molecule has 4 heteroatoms. The number of allylic oxidation sites excluding steroid dienone is 1. The predicted molar refractivity (Wildman–Crippen MR) is 121 cm³/mol. The molecule has 4 nitrogen and oxygen atoms in total. The molecule has 0 aromatic heterocycles. The molecule has 0 unspecified atom stereocenters. The Hall–Kier alpha value is -2.75. The number of nitrogens with one attached hydrogen (secondary N) is 1. The molecule has 0 atom stereocenters. The van der Waals surface area contributed by atoms with Gasteiger partial charge in [0, 0.05) is 18.3 Å². The van der Waals surface area contributed by atoms with Crippen molar-refractivity contribution < 1.29 is 14.3 Å². The molecule has 2 rings (SSSR count). The van der Waals surface area contributed by atoms with Crippen LogP contribution in [0.15, 0.2) is 42.5 Å². The Bertz CT molecular complexity index is 810. The molecule has 0 saturated carbocycles. The summed E-state index contributed by atoms with van der Waals surface area (Å²) in [6, 6.07) is 11.5. The summed E-state index contributed by atoms with van der Waals surface area (Å²) in [6.45, 7) is 7.58. The van der Waals surface area contributed by atoms with E-state index in [0.717, 1.165) is 54.0 Å². The van der Waals surface area contributed by atoms with Crippen LogP contribution in [0, 0.1) is 0 Å². The number of hydrogen-bond acceptors (Lipinski definition) is 4. The molecular weight excluding hydrogens is 362 g/mol. The number of hydrogen-bond donors (Lipinski definition) is 1. The molecule has 0 amide bonds. The fourth-order valence-electron chi connectivity index (χ4n) is 3.02. The summed E-state index contributed by atoms with van der Waals surface area (Å²) < 4.78 is 12.1. The number of anilines is 1. The van der Waals surface area contributed by atoms with Gasteiger partial charge >= 0.3 is 0 Å². The molecule has 0 saturated heterocycles. The van der Waals surface area contributed by atoms with Gasteiger partial charge in [-0.25, -0.2) is 0 Å². The van der Waals surface area contributed by atoms with Crippen molar-refractivity contribution in [3.05, 3.63) is 59.2 Å². The second-order valence-electron chi connectivity index (χ2n) is 6.94. The van der Waals surface area contributed by atoms with Gasteiger partial charge in [-0.05, 0) is 67.3 Å². The van der Waals surface area contributed by atoms with E-state index in [-0.39, 0.29) is 5.78 Å². The lowest BCUT2D eigenvalue weighted by molar-refractivity contribution is 0.104. The van der Waals surface area contributed by atoms with Gasteiger partial charge in [0.25, 0.3) is 0 Å². The normalized spacial score (nSPS) is 10.9. The molecule has 0 aliphatic rings. The van der Waals surface area contributed by atoms with Crippen LogP contribution in [0.4, 0.5) is 5.69 Å².